The topological polar surface area (TPSA) is 78.4 Å². The monoisotopic (exact) mass is 278 g/mol. The Balaban J connectivity index is 2.23. The quantitative estimate of drug-likeness (QED) is 0.822. The maximum Gasteiger partial charge on any atom is 0.217 e. The van der Waals surface area contributed by atoms with Crippen molar-refractivity contribution < 1.29 is 9.90 Å². The zero-order valence-electron chi connectivity index (χ0n) is 12.1. The van der Waals surface area contributed by atoms with Crippen LogP contribution in [-0.2, 0) is 11.3 Å². The smallest absolute Gasteiger partial charge is 0.217 e. The molecule has 0 bridgehead atoms. The number of β-amino-alcohol motifs (C(OH)–C–C–N with tert-alkyl or cyclic N) is 1. The van der Waals surface area contributed by atoms with Crippen LogP contribution in [0.5, 0.6) is 0 Å². The van der Waals surface area contributed by atoms with Crippen LogP contribution in [0.2, 0.25) is 0 Å². The fraction of sp³-hybridized carbons (Fsp3) is 0.643. The number of amides is 1. The van der Waals surface area contributed by atoms with Crippen LogP contribution in [0.25, 0.3) is 0 Å². The maximum atomic E-state index is 11.1. The van der Waals surface area contributed by atoms with Gasteiger partial charge >= 0.3 is 0 Å². The first-order valence-corrected chi connectivity index (χ1v) is 7.03. The zero-order chi connectivity index (χ0) is 14.5. The van der Waals surface area contributed by atoms with Gasteiger partial charge < -0.3 is 10.4 Å². The van der Waals surface area contributed by atoms with Gasteiger partial charge in [-0.2, -0.15) is 0 Å². The van der Waals surface area contributed by atoms with Crippen molar-refractivity contribution in [2.75, 3.05) is 19.7 Å². The van der Waals surface area contributed by atoms with E-state index in [9.17, 15) is 4.79 Å². The number of nitrogens with one attached hydrogen (secondary N) is 1. The van der Waals surface area contributed by atoms with Gasteiger partial charge in [-0.3, -0.25) is 9.69 Å². The lowest BCUT2D eigenvalue weighted by atomic mass is 10.1. The van der Waals surface area contributed by atoms with Crippen molar-refractivity contribution in [3.63, 3.8) is 0 Å². The first-order valence-electron chi connectivity index (χ1n) is 7.03. The molecule has 1 fully saturated rings. The highest BCUT2D eigenvalue weighted by Gasteiger charge is 2.28. The fourth-order valence-corrected chi connectivity index (χ4v) is 2.69. The number of aryl methyl sites for hydroxylation is 1. The Hall–Kier alpha value is -1.53. The molecule has 6 nitrogen and oxygen atoms in total. The summed E-state index contributed by atoms with van der Waals surface area (Å²) < 4.78 is 0. The van der Waals surface area contributed by atoms with E-state index in [2.05, 4.69) is 20.2 Å². The molecule has 0 aliphatic carbocycles. The van der Waals surface area contributed by atoms with Crippen molar-refractivity contribution >= 4 is 5.91 Å². The predicted molar refractivity (Wildman–Crippen MR) is 74.9 cm³/mol. The second kappa shape index (κ2) is 6.76. The number of carbonyl (C=O) groups is 1. The van der Waals surface area contributed by atoms with Crippen molar-refractivity contribution in [1.82, 2.24) is 20.2 Å². The molecule has 0 spiro atoms. The molecule has 1 aromatic rings. The van der Waals surface area contributed by atoms with Crippen molar-refractivity contribution in [2.24, 2.45) is 0 Å². The maximum absolute atomic E-state index is 11.1. The summed E-state index contributed by atoms with van der Waals surface area (Å²) in [5, 5.41) is 12.0. The lowest BCUT2D eigenvalue weighted by molar-refractivity contribution is -0.119. The van der Waals surface area contributed by atoms with Crippen LogP contribution in [0.15, 0.2) is 6.20 Å². The molecule has 0 unspecified atom stereocenters. The summed E-state index contributed by atoms with van der Waals surface area (Å²) in [5.41, 5.74) is 1.94. The Morgan fingerprint density at radius 3 is 3.10 bits per heavy atom. The minimum atomic E-state index is -0.0600. The molecule has 0 aromatic carbocycles. The largest absolute Gasteiger partial charge is 0.395 e. The highest BCUT2D eigenvalue weighted by atomic mass is 16.3. The molecule has 1 amide bonds. The van der Waals surface area contributed by atoms with Crippen LogP contribution < -0.4 is 5.32 Å². The molecule has 2 rings (SSSR count). The van der Waals surface area contributed by atoms with Crippen LogP contribution >= 0.6 is 0 Å². The van der Waals surface area contributed by atoms with Crippen LogP contribution in [0.1, 0.15) is 42.9 Å². The third kappa shape index (κ3) is 3.52. The summed E-state index contributed by atoms with van der Waals surface area (Å²) in [5.74, 6) is 0.678. The Morgan fingerprint density at radius 1 is 1.60 bits per heavy atom. The molecule has 20 heavy (non-hydrogen) atoms. The average molecular weight is 278 g/mol. The summed E-state index contributed by atoms with van der Waals surface area (Å²) in [6.07, 6.45) is 3.93. The van der Waals surface area contributed by atoms with E-state index >= 15 is 0 Å². The van der Waals surface area contributed by atoms with E-state index in [1.807, 2.05) is 6.92 Å². The first kappa shape index (κ1) is 14.9. The summed E-state index contributed by atoms with van der Waals surface area (Å²) in [7, 11) is 0. The van der Waals surface area contributed by atoms with E-state index in [0.29, 0.717) is 13.1 Å². The molecule has 6 heteroatoms. The van der Waals surface area contributed by atoms with Gasteiger partial charge in [-0.15, -0.1) is 0 Å². The number of aromatic nitrogens is 2. The molecule has 1 aliphatic heterocycles. The number of hydrogen-bond donors (Lipinski definition) is 2. The standard InChI is InChI=1S/C14H22N4O2/c1-10-15-8-12(9-16-11(2)20)14(17-10)13-4-3-5-18(13)6-7-19/h8,13,19H,3-7,9H2,1-2H3,(H,16,20)/t13-/m1/s1. The molecule has 1 aromatic heterocycles. The second-order valence-corrected chi connectivity index (χ2v) is 5.16. The van der Waals surface area contributed by atoms with Crippen molar-refractivity contribution in [3.8, 4) is 0 Å². The lowest BCUT2D eigenvalue weighted by Crippen LogP contribution is -2.29. The minimum Gasteiger partial charge on any atom is -0.395 e. The number of nitrogens with zero attached hydrogens (tertiary/aromatic N) is 3. The van der Waals surface area contributed by atoms with Gasteiger partial charge in [0.15, 0.2) is 0 Å². The Morgan fingerprint density at radius 2 is 2.40 bits per heavy atom. The molecule has 2 N–H and O–H groups in total. The lowest BCUT2D eigenvalue weighted by Gasteiger charge is -2.25. The normalized spacial score (nSPS) is 19.2. The van der Waals surface area contributed by atoms with Gasteiger partial charge in [0.05, 0.1) is 18.3 Å². The fourth-order valence-electron chi connectivity index (χ4n) is 2.69. The zero-order valence-corrected chi connectivity index (χ0v) is 12.1. The third-order valence-electron chi connectivity index (χ3n) is 3.61. The van der Waals surface area contributed by atoms with Crippen LogP contribution in [0.4, 0.5) is 0 Å². The van der Waals surface area contributed by atoms with E-state index < -0.39 is 0 Å². The van der Waals surface area contributed by atoms with Crippen LogP contribution in [-0.4, -0.2) is 45.6 Å². The molecule has 1 atom stereocenters. The number of rotatable bonds is 5. The van der Waals surface area contributed by atoms with Gasteiger partial charge in [0.1, 0.15) is 5.82 Å². The molecule has 1 saturated heterocycles. The molecular weight excluding hydrogens is 256 g/mol. The SMILES string of the molecule is CC(=O)NCc1cnc(C)nc1[C@H]1CCCN1CCO. The Kier molecular flexibility index (Phi) is 5.03. The summed E-state index contributed by atoms with van der Waals surface area (Å²) in [4.78, 5) is 22.1. The predicted octanol–water partition coefficient (Wildman–Crippen LogP) is 0.550. The van der Waals surface area contributed by atoms with E-state index in [1.165, 1.54) is 6.92 Å². The molecular formula is C14H22N4O2. The molecule has 2 heterocycles. The van der Waals surface area contributed by atoms with Crippen molar-refractivity contribution in [2.45, 2.75) is 39.3 Å². The summed E-state index contributed by atoms with van der Waals surface area (Å²) in [6.45, 7) is 5.62. The highest BCUT2D eigenvalue weighted by Crippen LogP contribution is 2.32. The van der Waals surface area contributed by atoms with Gasteiger partial charge in [-0.05, 0) is 26.3 Å². The van der Waals surface area contributed by atoms with Crippen LogP contribution in [0.3, 0.4) is 0 Å². The van der Waals surface area contributed by atoms with Crippen molar-refractivity contribution in [1.29, 1.82) is 0 Å². The molecule has 110 valence electrons. The number of carbonyl (C=O) groups excluding carboxylic acids is 1. The van der Waals surface area contributed by atoms with Gasteiger partial charge in [-0.25, -0.2) is 9.97 Å². The number of hydrogen-bond acceptors (Lipinski definition) is 5. The average Bonchev–Trinajstić information content (AvgIpc) is 2.85. The van der Waals surface area contributed by atoms with E-state index in [0.717, 1.165) is 36.5 Å². The third-order valence-corrected chi connectivity index (χ3v) is 3.61. The number of aliphatic hydroxyl groups excluding tert-OH is 1. The van der Waals surface area contributed by atoms with Crippen molar-refractivity contribution in [3.05, 3.63) is 23.3 Å². The van der Waals surface area contributed by atoms with E-state index in [-0.39, 0.29) is 18.6 Å². The second-order valence-electron chi connectivity index (χ2n) is 5.16. The van der Waals surface area contributed by atoms with Crippen LogP contribution in [0, 0.1) is 6.92 Å². The minimum absolute atomic E-state index is 0.0600. The summed E-state index contributed by atoms with van der Waals surface area (Å²) in [6, 6.07) is 0.215. The van der Waals surface area contributed by atoms with Gasteiger partial charge in [-0.1, -0.05) is 0 Å². The van der Waals surface area contributed by atoms with Gasteiger partial charge in [0.2, 0.25) is 5.91 Å². The highest BCUT2D eigenvalue weighted by molar-refractivity contribution is 5.72. The van der Waals surface area contributed by atoms with Gasteiger partial charge in [0.25, 0.3) is 0 Å². The van der Waals surface area contributed by atoms with Gasteiger partial charge in [0, 0.05) is 31.8 Å². The molecule has 0 radical (unpaired) electrons. The Bertz CT molecular complexity index is 478. The molecule has 1 aliphatic rings. The Labute approximate surface area is 119 Å². The van der Waals surface area contributed by atoms with E-state index in [4.69, 9.17) is 5.11 Å². The molecule has 0 saturated carbocycles. The summed E-state index contributed by atoms with van der Waals surface area (Å²) >= 11 is 0. The first-order chi connectivity index (χ1) is 9.61. The number of aliphatic hydroxyl groups is 1. The number of likely N-dealkylation sites (tertiary alicyclic amines) is 1. The van der Waals surface area contributed by atoms with E-state index in [1.54, 1.807) is 6.20 Å².